The molecule has 3 rings (SSSR count). The molecule has 1 N–H and O–H groups in total. The van der Waals surface area contributed by atoms with E-state index in [9.17, 15) is 4.79 Å². The van der Waals surface area contributed by atoms with Crippen molar-refractivity contribution in [3.05, 3.63) is 48.3 Å². The normalized spacial score (nSPS) is 11.0. The lowest BCUT2D eigenvalue weighted by Crippen LogP contribution is -2.18. The third kappa shape index (κ3) is 2.90. The van der Waals surface area contributed by atoms with Crippen molar-refractivity contribution in [1.29, 1.82) is 0 Å². The summed E-state index contributed by atoms with van der Waals surface area (Å²) in [4.78, 5) is 16.4. The van der Waals surface area contributed by atoms with Crippen molar-refractivity contribution in [2.75, 3.05) is 7.05 Å². The predicted octanol–water partition coefficient (Wildman–Crippen LogP) is 3.64. The molecule has 1 aromatic carbocycles. The summed E-state index contributed by atoms with van der Waals surface area (Å²) >= 11 is 0. The predicted molar refractivity (Wildman–Crippen MR) is 88.6 cm³/mol. The largest absolute Gasteiger partial charge is 0.491 e. The van der Waals surface area contributed by atoms with E-state index in [1.54, 1.807) is 19.4 Å². The van der Waals surface area contributed by atoms with Crippen LogP contribution in [0.2, 0.25) is 0 Å². The number of hydrogen-bond donors (Lipinski definition) is 1. The van der Waals surface area contributed by atoms with Gasteiger partial charge in [-0.1, -0.05) is 0 Å². The fraction of sp³-hybridized carbons (Fsp3) is 0.222. The number of ether oxygens (including phenoxy) is 1. The van der Waals surface area contributed by atoms with Crippen molar-refractivity contribution in [3.8, 4) is 17.1 Å². The maximum Gasteiger partial charge on any atom is 0.255 e. The highest BCUT2D eigenvalue weighted by Gasteiger charge is 2.21. The number of aromatic nitrogens is 1. The molecule has 2 heterocycles. The maximum absolute atomic E-state index is 12.4. The number of carbonyl (C=O) groups excluding carboxylic acids is 1. The van der Waals surface area contributed by atoms with E-state index >= 15 is 0 Å². The van der Waals surface area contributed by atoms with Crippen LogP contribution in [0.1, 0.15) is 24.2 Å². The maximum atomic E-state index is 12.4. The van der Waals surface area contributed by atoms with Crippen molar-refractivity contribution >= 4 is 16.9 Å². The summed E-state index contributed by atoms with van der Waals surface area (Å²) in [5.41, 5.74) is 1.95. The van der Waals surface area contributed by atoms with E-state index in [2.05, 4.69) is 10.3 Å². The molecule has 2 aromatic heterocycles. The SMILES string of the molecule is CNC(=O)c1c(-c2ccncc2)oc2ccc(OC(C)C)cc12. The van der Waals surface area contributed by atoms with E-state index in [4.69, 9.17) is 9.15 Å². The Morgan fingerprint density at radius 2 is 1.96 bits per heavy atom. The summed E-state index contributed by atoms with van der Waals surface area (Å²) < 4.78 is 11.6. The smallest absolute Gasteiger partial charge is 0.255 e. The molecular weight excluding hydrogens is 292 g/mol. The van der Waals surface area contributed by atoms with E-state index in [1.165, 1.54) is 0 Å². The first-order valence-corrected chi connectivity index (χ1v) is 7.46. The third-order valence-electron chi connectivity index (χ3n) is 3.43. The Labute approximate surface area is 134 Å². The molecule has 0 saturated heterocycles. The average molecular weight is 310 g/mol. The molecule has 0 aliphatic carbocycles. The van der Waals surface area contributed by atoms with Crippen LogP contribution in [0.3, 0.4) is 0 Å². The molecule has 0 fully saturated rings. The van der Waals surface area contributed by atoms with Crippen molar-refractivity contribution in [3.63, 3.8) is 0 Å². The molecule has 0 spiro atoms. The standard InChI is InChI=1S/C18H18N2O3/c1-11(2)22-13-4-5-15-14(10-13)16(18(21)19-3)17(23-15)12-6-8-20-9-7-12/h4-11H,1-3H3,(H,19,21). The highest BCUT2D eigenvalue weighted by Crippen LogP contribution is 2.35. The van der Waals surface area contributed by atoms with Crippen molar-refractivity contribution < 1.29 is 13.9 Å². The molecule has 3 aromatic rings. The van der Waals surface area contributed by atoms with Crippen LogP contribution in [-0.2, 0) is 0 Å². The van der Waals surface area contributed by atoms with Gasteiger partial charge in [0, 0.05) is 30.4 Å². The highest BCUT2D eigenvalue weighted by molar-refractivity contribution is 6.11. The van der Waals surface area contributed by atoms with Gasteiger partial charge in [-0.3, -0.25) is 9.78 Å². The van der Waals surface area contributed by atoms with Gasteiger partial charge in [-0.15, -0.1) is 0 Å². The van der Waals surface area contributed by atoms with Crippen LogP contribution in [-0.4, -0.2) is 24.0 Å². The number of hydrogen-bond acceptors (Lipinski definition) is 4. The lowest BCUT2D eigenvalue weighted by molar-refractivity contribution is 0.0964. The van der Waals surface area contributed by atoms with Crippen LogP contribution in [0.25, 0.3) is 22.3 Å². The topological polar surface area (TPSA) is 64.4 Å². The number of nitrogens with zero attached hydrogens (tertiary/aromatic N) is 1. The molecule has 0 radical (unpaired) electrons. The quantitative estimate of drug-likeness (QED) is 0.799. The number of carbonyl (C=O) groups is 1. The number of fused-ring (bicyclic) bond motifs is 1. The van der Waals surface area contributed by atoms with Gasteiger partial charge in [0.1, 0.15) is 17.1 Å². The van der Waals surface area contributed by atoms with Crippen LogP contribution >= 0.6 is 0 Å². The molecule has 0 saturated carbocycles. The molecular formula is C18H18N2O3. The van der Waals surface area contributed by atoms with Gasteiger partial charge in [-0.2, -0.15) is 0 Å². The Morgan fingerprint density at radius 3 is 2.61 bits per heavy atom. The van der Waals surface area contributed by atoms with Crippen LogP contribution in [0, 0.1) is 0 Å². The fourth-order valence-corrected chi connectivity index (χ4v) is 2.48. The second kappa shape index (κ2) is 6.12. The van der Waals surface area contributed by atoms with Gasteiger partial charge in [0.05, 0.1) is 11.7 Å². The fourth-order valence-electron chi connectivity index (χ4n) is 2.48. The van der Waals surface area contributed by atoms with Gasteiger partial charge in [0.25, 0.3) is 5.91 Å². The van der Waals surface area contributed by atoms with Crippen molar-refractivity contribution in [2.24, 2.45) is 0 Å². The van der Waals surface area contributed by atoms with Gasteiger partial charge >= 0.3 is 0 Å². The summed E-state index contributed by atoms with van der Waals surface area (Å²) in [7, 11) is 1.60. The molecule has 0 aliphatic heterocycles. The Hall–Kier alpha value is -2.82. The minimum absolute atomic E-state index is 0.0578. The second-order valence-electron chi connectivity index (χ2n) is 5.45. The monoisotopic (exact) mass is 310 g/mol. The zero-order valence-electron chi connectivity index (χ0n) is 13.3. The number of rotatable bonds is 4. The molecule has 5 heteroatoms. The van der Waals surface area contributed by atoms with Crippen molar-refractivity contribution in [2.45, 2.75) is 20.0 Å². The first-order valence-electron chi connectivity index (χ1n) is 7.46. The Bertz CT molecular complexity index is 838. The van der Waals surface area contributed by atoms with Crippen LogP contribution in [0.4, 0.5) is 0 Å². The number of benzene rings is 1. The lowest BCUT2D eigenvalue weighted by Gasteiger charge is -2.09. The van der Waals surface area contributed by atoms with Gasteiger partial charge < -0.3 is 14.5 Å². The molecule has 5 nitrogen and oxygen atoms in total. The van der Waals surface area contributed by atoms with Gasteiger partial charge in [0.15, 0.2) is 0 Å². The van der Waals surface area contributed by atoms with Gasteiger partial charge in [-0.25, -0.2) is 0 Å². The molecule has 0 bridgehead atoms. The Kier molecular flexibility index (Phi) is 4.02. The lowest BCUT2D eigenvalue weighted by atomic mass is 10.1. The van der Waals surface area contributed by atoms with E-state index in [0.29, 0.717) is 22.7 Å². The third-order valence-corrected chi connectivity index (χ3v) is 3.43. The van der Waals surface area contributed by atoms with Crippen LogP contribution < -0.4 is 10.1 Å². The Balaban J connectivity index is 2.22. The van der Waals surface area contributed by atoms with Gasteiger partial charge in [-0.05, 0) is 44.2 Å². The van der Waals surface area contributed by atoms with Gasteiger partial charge in [0.2, 0.25) is 0 Å². The Morgan fingerprint density at radius 1 is 1.22 bits per heavy atom. The summed E-state index contributed by atoms with van der Waals surface area (Å²) in [6, 6.07) is 9.14. The van der Waals surface area contributed by atoms with E-state index in [1.807, 2.05) is 44.2 Å². The number of pyridine rings is 1. The van der Waals surface area contributed by atoms with E-state index < -0.39 is 0 Å². The molecule has 23 heavy (non-hydrogen) atoms. The molecule has 0 unspecified atom stereocenters. The highest BCUT2D eigenvalue weighted by atomic mass is 16.5. The molecule has 118 valence electrons. The summed E-state index contributed by atoms with van der Waals surface area (Å²) in [5, 5.41) is 3.41. The summed E-state index contributed by atoms with van der Waals surface area (Å²) in [6.07, 6.45) is 3.40. The zero-order valence-corrected chi connectivity index (χ0v) is 13.3. The first-order chi connectivity index (χ1) is 11.1. The van der Waals surface area contributed by atoms with E-state index in [0.717, 1.165) is 10.9 Å². The van der Waals surface area contributed by atoms with Crippen LogP contribution in [0.15, 0.2) is 47.1 Å². The number of furan rings is 1. The van der Waals surface area contributed by atoms with Crippen LogP contribution in [0.5, 0.6) is 5.75 Å². The molecule has 0 aliphatic rings. The number of nitrogens with one attached hydrogen (secondary N) is 1. The number of amides is 1. The summed E-state index contributed by atoms with van der Waals surface area (Å²) in [6.45, 7) is 3.92. The average Bonchev–Trinajstić information content (AvgIpc) is 2.93. The minimum Gasteiger partial charge on any atom is -0.491 e. The second-order valence-corrected chi connectivity index (χ2v) is 5.45. The molecule has 0 atom stereocenters. The van der Waals surface area contributed by atoms with Crippen molar-refractivity contribution in [1.82, 2.24) is 10.3 Å². The van der Waals surface area contributed by atoms with E-state index in [-0.39, 0.29) is 12.0 Å². The summed E-state index contributed by atoms with van der Waals surface area (Å²) in [5.74, 6) is 1.04. The zero-order chi connectivity index (χ0) is 16.4. The first kappa shape index (κ1) is 15.1. The molecule has 1 amide bonds. The minimum atomic E-state index is -0.197.